The summed E-state index contributed by atoms with van der Waals surface area (Å²) in [6.07, 6.45) is 2.21. The first-order chi connectivity index (χ1) is 7.66. The van der Waals surface area contributed by atoms with Gasteiger partial charge in [0.25, 0.3) is 0 Å². The normalized spacial score (nSPS) is 10.4. The monoisotopic (exact) mass is 231 g/mol. The zero-order valence-electron chi connectivity index (χ0n) is 9.36. The maximum atomic E-state index is 12.0. The second-order valence-corrected chi connectivity index (χ2v) is 4.86. The summed E-state index contributed by atoms with van der Waals surface area (Å²) in [5.41, 5.74) is 4.81. The van der Waals surface area contributed by atoms with Crippen LogP contribution in [0.2, 0.25) is 0 Å². The lowest BCUT2D eigenvalue weighted by Crippen LogP contribution is -2.04. The van der Waals surface area contributed by atoms with Crippen molar-refractivity contribution in [1.29, 1.82) is 0 Å². The summed E-state index contributed by atoms with van der Waals surface area (Å²) in [4.78, 5) is 17.0. The Morgan fingerprint density at radius 2 is 2.19 bits per heavy atom. The summed E-state index contributed by atoms with van der Waals surface area (Å²) in [6.45, 7) is 4.01. The summed E-state index contributed by atoms with van der Waals surface area (Å²) in [7, 11) is 0. The van der Waals surface area contributed by atoms with Crippen LogP contribution in [0, 0.1) is 13.8 Å². The molecule has 82 valence electrons. The van der Waals surface area contributed by atoms with E-state index in [1.165, 1.54) is 16.9 Å². The van der Waals surface area contributed by atoms with Crippen LogP contribution < -0.4 is 0 Å². The minimum Gasteiger partial charge on any atom is -0.294 e. The number of Topliss-reactive ketones (excluding diaryl/α,β-unsaturated/α-hetero) is 1. The number of hydrogen-bond acceptors (Lipinski definition) is 3. The van der Waals surface area contributed by atoms with Crippen LogP contribution >= 0.6 is 11.3 Å². The van der Waals surface area contributed by atoms with E-state index in [-0.39, 0.29) is 5.78 Å². The van der Waals surface area contributed by atoms with Crippen LogP contribution in [0.25, 0.3) is 0 Å². The SMILES string of the molecule is Cc1ccc(C(=O)Cc2cncs2)c(C)c1. The van der Waals surface area contributed by atoms with Gasteiger partial charge in [0.2, 0.25) is 0 Å². The highest BCUT2D eigenvalue weighted by molar-refractivity contribution is 7.09. The van der Waals surface area contributed by atoms with E-state index >= 15 is 0 Å². The maximum Gasteiger partial charge on any atom is 0.168 e. The molecule has 0 saturated carbocycles. The molecule has 0 aliphatic rings. The average molecular weight is 231 g/mol. The summed E-state index contributed by atoms with van der Waals surface area (Å²) >= 11 is 1.52. The zero-order chi connectivity index (χ0) is 11.5. The van der Waals surface area contributed by atoms with Gasteiger partial charge in [-0.15, -0.1) is 11.3 Å². The van der Waals surface area contributed by atoms with Crippen molar-refractivity contribution in [2.75, 3.05) is 0 Å². The number of ketones is 1. The van der Waals surface area contributed by atoms with Gasteiger partial charge in [-0.2, -0.15) is 0 Å². The fourth-order valence-electron chi connectivity index (χ4n) is 1.71. The Morgan fingerprint density at radius 1 is 1.38 bits per heavy atom. The van der Waals surface area contributed by atoms with Gasteiger partial charge in [0.1, 0.15) is 0 Å². The van der Waals surface area contributed by atoms with Gasteiger partial charge in [0.15, 0.2) is 5.78 Å². The molecule has 16 heavy (non-hydrogen) atoms. The number of nitrogens with zero attached hydrogens (tertiary/aromatic N) is 1. The van der Waals surface area contributed by atoms with Gasteiger partial charge in [-0.1, -0.05) is 23.8 Å². The van der Waals surface area contributed by atoms with Gasteiger partial charge in [0, 0.05) is 23.1 Å². The molecule has 1 heterocycles. The molecule has 3 heteroatoms. The molecule has 0 radical (unpaired) electrons. The van der Waals surface area contributed by atoms with Crippen LogP contribution in [0.3, 0.4) is 0 Å². The minimum atomic E-state index is 0.168. The van der Waals surface area contributed by atoms with Crippen molar-refractivity contribution >= 4 is 17.1 Å². The Kier molecular flexibility index (Phi) is 3.15. The number of hydrogen-bond donors (Lipinski definition) is 0. The molecule has 1 aromatic carbocycles. The number of rotatable bonds is 3. The molecule has 0 saturated heterocycles. The Bertz CT molecular complexity index is 503. The van der Waals surface area contributed by atoms with E-state index in [0.717, 1.165) is 16.0 Å². The first-order valence-corrected chi connectivity index (χ1v) is 6.02. The molecule has 0 fully saturated rings. The van der Waals surface area contributed by atoms with Gasteiger partial charge in [-0.25, -0.2) is 0 Å². The van der Waals surface area contributed by atoms with Gasteiger partial charge in [-0.3, -0.25) is 9.78 Å². The van der Waals surface area contributed by atoms with E-state index in [4.69, 9.17) is 0 Å². The molecule has 2 aromatic rings. The Morgan fingerprint density at radius 3 is 2.81 bits per heavy atom. The summed E-state index contributed by atoms with van der Waals surface area (Å²) in [5.74, 6) is 0.168. The lowest BCUT2D eigenvalue weighted by atomic mass is 10.0. The maximum absolute atomic E-state index is 12.0. The molecule has 0 aliphatic carbocycles. The van der Waals surface area contributed by atoms with Crippen molar-refractivity contribution in [3.8, 4) is 0 Å². The molecule has 0 amide bonds. The number of aromatic nitrogens is 1. The number of carbonyl (C=O) groups is 1. The molecule has 2 nitrogen and oxygen atoms in total. The van der Waals surface area contributed by atoms with Crippen molar-refractivity contribution in [1.82, 2.24) is 4.98 Å². The van der Waals surface area contributed by atoms with E-state index in [9.17, 15) is 4.79 Å². The van der Waals surface area contributed by atoms with Gasteiger partial charge >= 0.3 is 0 Å². The lowest BCUT2D eigenvalue weighted by molar-refractivity contribution is 0.0993. The summed E-state index contributed by atoms with van der Waals surface area (Å²) in [5, 5.41) is 0. The number of aryl methyl sites for hydroxylation is 2. The van der Waals surface area contributed by atoms with E-state index in [1.807, 2.05) is 32.0 Å². The first kappa shape index (κ1) is 11.0. The Labute approximate surface area is 99.0 Å². The molecule has 1 aromatic heterocycles. The van der Waals surface area contributed by atoms with Crippen molar-refractivity contribution in [3.63, 3.8) is 0 Å². The number of carbonyl (C=O) groups excluding carboxylic acids is 1. The van der Waals surface area contributed by atoms with Crippen LogP contribution in [0.4, 0.5) is 0 Å². The minimum absolute atomic E-state index is 0.168. The third kappa shape index (κ3) is 2.36. The largest absolute Gasteiger partial charge is 0.294 e. The number of thiazole rings is 1. The predicted octanol–water partition coefficient (Wildman–Crippen LogP) is 3.19. The fourth-order valence-corrected chi connectivity index (χ4v) is 2.30. The topological polar surface area (TPSA) is 30.0 Å². The van der Waals surface area contributed by atoms with E-state index in [1.54, 1.807) is 11.7 Å². The summed E-state index contributed by atoms with van der Waals surface area (Å²) in [6, 6.07) is 5.93. The second kappa shape index (κ2) is 4.58. The highest BCUT2D eigenvalue weighted by Crippen LogP contribution is 2.15. The third-order valence-electron chi connectivity index (χ3n) is 2.50. The Balaban J connectivity index is 2.21. The Hall–Kier alpha value is -1.48. The molecule has 0 spiro atoms. The standard InChI is InChI=1S/C13H13NOS/c1-9-3-4-12(10(2)5-9)13(15)6-11-7-14-8-16-11/h3-5,7-8H,6H2,1-2H3. The van der Waals surface area contributed by atoms with E-state index < -0.39 is 0 Å². The van der Waals surface area contributed by atoms with Crippen molar-refractivity contribution in [2.45, 2.75) is 20.3 Å². The third-order valence-corrected chi connectivity index (χ3v) is 3.28. The van der Waals surface area contributed by atoms with Crippen LogP contribution in [0.1, 0.15) is 26.4 Å². The van der Waals surface area contributed by atoms with Gasteiger partial charge < -0.3 is 0 Å². The highest BCUT2D eigenvalue weighted by atomic mass is 32.1. The summed E-state index contributed by atoms with van der Waals surface area (Å²) < 4.78 is 0. The zero-order valence-corrected chi connectivity index (χ0v) is 10.2. The average Bonchev–Trinajstić information content (AvgIpc) is 2.70. The lowest BCUT2D eigenvalue weighted by Gasteiger charge is -2.04. The van der Waals surface area contributed by atoms with Gasteiger partial charge in [0.05, 0.1) is 5.51 Å². The van der Waals surface area contributed by atoms with E-state index in [0.29, 0.717) is 6.42 Å². The van der Waals surface area contributed by atoms with Crippen LogP contribution in [0.15, 0.2) is 29.9 Å². The molecular weight excluding hydrogens is 218 g/mol. The molecule has 2 rings (SSSR count). The molecule has 0 atom stereocenters. The molecular formula is C13H13NOS. The fraction of sp³-hybridized carbons (Fsp3) is 0.231. The molecule has 0 aliphatic heterocycles. The van der Waals surface area contributed by atoms with Crippen molar-refractivity contribution in [2.24, 2.45) is 0 Å². The van der Waals surface area contributed by atoms with Crippen molar-refractivity contribution in [3.05, 3.63) is 51.5 Å². The molecule has 0 unspecified atom stereocenters. The van der Waals surface area contributed by atoms with Gasteiger partial charge in [-0.05, 0) is 19.4 Å². The second-order valence-electron chi connectivity index (χ2n) is 3.89. The van der Waals surface area contributed by atoms with E-state index in [2.05, 4.69) is 4.98 Å². The van der Waals surface area contributed by atoms with Crippen molar-refractivity contribution < 1.29 is 4.79 Å². The molecule has 0 N–H and O–H groups in total. The smallest absolute Gasteiger partial charge is 0.168 e. The first-order valence-electron chi connectivity index (χ1n) is 5.14. The highest BCUT2D eigenvalue weighted by Gasteiger charge is 2.10. The van der Waals surface area contributed by atoms with Crippen LogP contribution in [-0.4, -0.2) is 10.8 Å². The predicted molar refractivity (Wildman–Crippen MR) is 66.1 cm³/mol. The number of benzene rings is 1. The quantitative estimate of drug-likeness (QED) is 0.759. The van der Waals surface area contributed by atoms with Crippen LogP contribution in [0.5, 0.6) is 0 Å². The molecule has 0 bridgehead atoms. The van der Waals surface area contributed by atoms with Crippen LogP contribution in [-0.2, 0) is 6.42 Å².